The van der Waals surface area contributed by atoms with Gasteiger partial charge in [-0.3, -0.25) is 4.79 Å². The van der Waals surface area contributed by atoms with Gasteiger partial charge < -0.3 is 10.2 Å². The molecule has 2 rings (SSSR count). The normalized spacial score (nSPS) is 19.3. The maximum Gasteiger partial charge on any atom is 0.253 e. The Morgan fingerprint density at radius 3 is 2.48 bits per heavy atom. The highest BCUT2D eigenvalue weighted by Crippen LogP contribution is 2.22. The maximum absolute atomic E-state index is 12.5. The molecule has 1 unspecified atom stereocenters. The Kier molecular flexibility index (Phi) is 5.04. The van der Waals surface area contributed by atoms with Crippen molar-refractivity contribution in [2.24, 2.45) is 5.92 Å². The van der Waals surface area contributed by atoms with Gasteiger partial charge in [0.1, 0.15) is 0 Å². The number of benzene rings is 1. The fourth-order valence-corrected chi connectivity index (χ4v) is 2.88. The van der Waals surface area contributed by atoms with E-state index in [9.17, 15) is 4.79 Å². The quantitative estimate of drug-likeness (QED) is 0.927. The number of nitrogens with one attached hydrogen (secondary N) is 1. The Morgan fingerprint density at radius 1 is 1.29 bits per heavy atom. The van der Waals surface area contributed by atoms with Crippen LogP contribution in [0.4, 0.5) is 0 Å². The molecule has 3 nitrogen and oxygen atoms in total. The molecule has 0 aliphatic carbocycles. The van der Waals surface area contributed by atoms with Crippen molar-refractivity contribution in [3.63, 3.8) is 0 Å². The van der Waals surface area contributed by atoms with Crippen molar-refractivity contribution < 1.29 is 4.79 Å². The lowest BCUT2D eigenvalue weighted by atomic mass is 9.86. The van der Waals surface area contributed by atoms with Gasteiger partial charge in [0.05, 0.1) is 0 Å². The van der Waals surface area contributed by atoms with Crippen LogP contribution in [-0.4, -0.2) is 37.5 Å². The molecule has 0 saturated carbocycles. The predicted octanol–water partition coefficient (Wildman–Crippen LogP) is 3.06. The standard InChI is InChI=1S/C18H28N2O/c1-18(2,3)16-9-7-15(8-10-16)17(21)20(4)13-14-6-5-11-19-12-14/h7-10,14,19H,5-6,11-13H2,1-4H3. The molecule has 0 aromatic heterocycles. The molecular weight excluding hydrogens is 260 g/mol. The average molecular weight is 288 g/mol. The summed E-state index contributed by atoms with van der Waals surface area (Å²) in [6.07, 6.45) is 2.43. The lowest BCUT2D eigenvalue weighted by molar-refractivity contribution is 0.0764. The van der Waals surface area contributed by atoms with E-state index in [1.165, 1.54) is 18.4 Å². The summed E-state index contributed by atoms with van der Waals surface area (Å²) in [4.78, 5) is 14.3. The van der Waals surface area contributed by atoms with Crippen LogP contribution in [0.1, 0.15) is 49.5 Å². The summed E-state index contributed by atoms with van der Waals surface area (Å²) < 4.78 is 0. The molecule has 1 aromatic rings. The summed E-state index contributed by atoms with van der Waals surface area (Å²) in [5.41, 5.74) is 2.17. The third-order valence-corrected chi connectivity index (χ3v) is 4.28. The molecule has 1 aliphatic rings. The van der Waals surface area contributed by atoms with Crippen LogP contribution >= 0.6 is 0 Å². The number of carbonyl (C=O) groups is 1. The topological polar surface area (TPSA) is 32.3 Å². The highest BCUT2D eigenvalue weighted by Gasteiger charge is 2.20. The van der Waals surface area contributed by atoms with Gasteiger partial charge in [0.2, 0.25) is 0 Å². The smallest absolute Gasteiger partial charge is 0.253 e. The summed E-state index contributed by atoms with van der Waals surface area (Å²) in [5.74, 6) is 0.711. The molecule has 1 N–H and O–H groups in total. The largest absolute Gasteiger partial charge is 0.341 e. The van der Waals surface area contributed by atoms with E-state index in [1.807, 2.05) is 24.1 Å². The fourth-order valence-electron chi connectivity index (χ4n) is 2.88. The number of piperidine rings is 1. The van der Waals surface area contributed by atoms with Crippen LogP contribution in [0.5, 0.6) is 0 Å². The van der Waals surface area contributed by atoms with Crippen LogP contribution in [-0.2, 0) is 5.41 Å². The fraction of sp³-hybridized carbons (Fsp3) is 0.611. The Bertz CT molecular complexity index is 467. The minimum absolute atomic E-state index is 0.126. The van der Waals surface area contributed by atoms with E-state index in [0.717, 1.165) is 25.2 Å². The molecule has 1 aromatic carbocycles. The lowest BCUT2D eigenvalue weighted by Crippen LogP contribution is -2.39. The first kappa shape index (κ1) is 16.0. The molecule has 1 atom stereocenters. The Labute approximate surface area is 128 Å². The third-order valence-electron chi connectivity index (χ3n) is 4.28. The Morgan fingerprint density at radius 2 is 1.95 bits per heavy atom. The zero-order valence-corrected chi connectivity index (χ0v) is 13.8. The van der Waals surface area contributed by atoms with Crippen molar-refractivity contribution in [2.75, 3.05) is 26.7 Å². The zero-order valence-electron chi connectivity index (χ0n) is 13.8. The van der Waals surface area contributed by atoms with Crippen LogP contribution in [0, 0.1) is 5.92 Å². The van der Waals surface area contributed by atoms with E-state index in [2.05, 4.69) is 38.2 Å². The van der Waals surface area contributed by atoms with E-state index in [1.54, 1.807) is 0 Å². The van der Waals surface area contributed by atoms with Gasteiger partial charge in [-0.25, -0.2) is 0 Å². The summed E-state index contributed by atoms with van der Waals surface area (Å²) in [5, 5.41) is 3.40. The van der Waals surface area contributed by atoms with E-state index in [-0.39, 0.29) is 11.3 Å². The monoisotopic (exact) mass is 288 g/mol. The molecule has 0 bridgehead atoms. The van der Waals surface area contributed by atoms with Crippen molar-refractivity contribution in [2.45, 2.75) is 39.0 Å². The number of nitrogens with zero attached hydrogens (tertiary/aromatic N) is 1. The molecule has 21 heavy (non-hydrogen) atoms. The number of amides is 1. The molecule has 0 spiro atoms. The molecule has 3 heteroatoms. The number of hydrogen-bond acceptors (Lipinski definition) is 2. The van der Waals surface area contributed by atoms with Crippen LogP contribution in [0.25, 0.3) is 0 Å². The van der Waals surface area contributed by atoms with E-state index < -0.39 is 0 Å². The summed E-state index contributed by atoms with van der Waals surface area (Å²) in [7, 11) is 1.91. The second kappa shape index (κ2) is 6.61. The Balaban J connectivity index is 1.98. The van der Waals surface area contributed by atoms with Crippen molar-refractivity contribution in [3.05, 3.63) is 35.4 Å². The van der Waals surface area contributed by atoms with Crippen molar-refractivity contribution in [1.29, 1.82) is 0 Å². The van der Waals surface area contributed by atoms with Gasteiger partial charge in [-0.2, -0.15) is 0 Å². The molecule has 1 fully saturated rings. The third kappa shape index (κ3) is 4.31. The van der Waals surface area contributed by atoms with E-state index in [0.29, 0.717) is 5.92 Å². The molecule has 116 valence electrons. The van der Waals surface area contributed by atoms with E-state index in [4.69, 9.17) is 0 Å². The minimum atomic E-state index is 0.126. The van der Waals surface area contributed by atoms with Crippen LogP contribution in [0.2, 0.25) is 0 Å². The maximum atomic E-state index is 12.5. The van der Waals surface area contributed by atoms with Crippen molar-refractivity contribution in [1.82, 2.24) is 10.2 Å². The SMILES string of the molecule is CN(CC1CCCNC1)C(=O)c1ccc(C(C)(C)C)cc1. The van der Waals surface area contributed by atoms with E-state index >= 15 is 0 Å². The van der Waals surface area contributed by atoms with Gasteiger partial charge in [-0.15, -0.1) is 0 Å². The summed E-state index contributed by atoms with van der Waals surface area (Å²) in [6.45, 7) is 9.54. The zero-order chi connectivity index (χ0) is 15.5. The first-order chi connectivity index (χ1) is 9.88. The molecule has 0 radical (unpaired) electrons. The van der Waals surface area contributed by atoms with Gasteiger partial charge >= 0.3 is 0 Å². The van der Waals surface area contributed by atoms with Gasteiger partial charge in [-0.1, -0.05) is 32.9 Å². The first-order valence-electron chi connectivity index (χ1n) is 7.94. The average Bonchev–Trinajstić information content (AvgIpc) is 2.46. The summed E-state index contributed by atoms with van der Waals surface area (Å²) >= 11 is 0. The van der Waals surface area contributed by atoms with Crippen molar-refractivity contribution >= 4 is 5.91 Å². The van der Waals surface area contributed by atoms with Crippen LogP contribution < -0.4 is 5.32 Å². The van der Waals surface area contributed by atoms with Gasteiger partial charge in [0, 0.05) is 19.2 Å². The predicted molar refractivity (Wildman–Crippen MR) is 87.7 cm³/mol. The Hall–Kier alpha value is -1.35. The second-order valence-electron chi connectivity index (χ2n) is 7.23. The number of rotatable bonds is 3. The van der Waals surface area contributed by atoms with Gasteiger partial charge in [0.15, 0.2) is 0 Å². The summed E-state index contributed by atoms with van der Waals surface area (Å²) in [6, 6.07) is 8.06. The lowest BCUT2D eigenvalue weighted by Gasteiger charge is -2.28. The first-order valence-corrected chi connectivity index (χ1v) is 7.94. The highest BCUT2D eigenvalue weighted by molar-refractivity contribution is 5.94. The molecule has 1 heterocycles. The molecule has 1 amide bonds. The number of carbonyl (C=O) groups excluding carboxylic acids is 1. The second-order valence-corrected chi connectivity index (χ2v) is 7.23. The van der Waals surface area contributed by atoms with Crippen molar-refractivity contribution in [3.8, 4) is 0 Å². The minimum Gasteiger partial charge on any atom is -0.341 e. The van der Waals surface area contributed by atoms with Gasteiger partial charge in [0.25, 0.3) is 5.91 Å². The molecule has 1 saturated heterocycles. The molecule has 1 aliphatic heterocycles. The van der Waals surface area contributed by atoms with Crippen LogP contribution in [0.3, 0.4) is 0 Å². The number of hydrogen-bond donors (Lipinski definition) is 1. The highest BCUT2D eigenvalue weighted by atomic mass is 16.2. The molecular formula is C18H28N2O. The van der Waals surface area contributed by atoms with Crippen LogP contribution in [0.15, 0.2) is 24.3 Å². The van der Waals surface area contributed by atoms with Gasteiger partial charge in [-0.05, 0) is 55.0 Å².